The predicted molar refractivity (Wildman–Crippen MR) is 46.1 cm³/mol. The highest BCUT2D eigenvalue weighted by atomic mass is 16.4. The number of hydrogen-bond acceptors (Lipinski definition) is 2. The summed E-state index contributed by atoms with van der Waals surface area (Å²) in [6, 6.07) is -0.288. The van der Waals surface area contributed by atoms with Gasteiger partial charge in [-0.25, -0.2) is 4.79 Å². The molecule has 1 aliphatic rings. The number of hydrogen-bond donors (Lipinski definition) is 3. The number of primary amides is 1. The van der Waals surface area contributed by atoms with Crippen LogP contribution in [-0.4, -0.2) is 23.1 Å². The average Bonchev–Trinajstić information content (AvgIpc) is 2.03. The van der Waals surface area contributed by atoms with E-state index in [4.69, 9.17) is 10.8 Å². The van der Waals surface area contributed by atoms with Crippen LogP contribution in [0.3, 0.4) is 0 Å². The lowest BCUT2D eigenvalue weighted by Crippen LogP contribution is -2.46. The lowest BCUT2D eigenvalue weighted by Gasteiger charge is -2.28. The summed E-state index contributed by atoms with van der Waals surface area (Å²) in [5.74, 6) is -0.733. The molecule has 2 amide bonds. The number of carbonyl (C=O) groups excluding carboxylic acids is 1. The van der Waals surface area contributed by atoms with E-state index < -0.39 is 12.0 Å². The number of rotatable bonds is 2. The van der Waals surface area contributed by atoms with Gasteiger partial charge in [0.2, 0.25) is 5.91 Å². The van der Waals surface area contributed by atoms with Crippen LogP contribution in [0.1, 0.15) is 25.7 Å². The first-order valence-electron chi connectivity index (χ1n) is 4.40. The number of amides is 2. The number of carbonyl (C=O) groups is 2. The molecule has 0 heterocycles. The molecule has 5 nitrogen and oxygen atoms in total. The monoisotopic (exact) mass is 186 g/mol. The van der Waals surface area contributed by atoms with Crippen molar-refractivity contribution in [2.45, 2.75) is 31.7 Å². The summed E-state index contributed by atoms with van der Waals surface area (Å²) < 4.78 is 0. The van der Waals surface area contributed by atoms with Gasteiger partial charge in [0.25, 0.3) is 0 Å². The highest BCUT2D eigenvalue weighted by molar-refractivity contribution is 5.78. The van der Waals surface area contributed by atoms with Crippen LogP contribution >= 0.6 is 0 Å². The Balaban J connectivity index is 2.56. The van der Waals surface area contributed by atoms with Gasteiger partial charge in [0, 0.05) is 6.04 Å². The topological polar surface area (TPSA) is 92.4 Å². The molecule has 2 atom stereocenters. The van der Waals surface area contributed by atoms with Gasteiger partial charge in [-0.3, -0.25) is 4.79 Å². The zero-order chi connectivity index (χ0) is 9.84. The maximum atomic E-state index is 10.9. The van der Waals surface area contributed by atoms with Crippen molar-refractivity contribution in [2.24, 2.45) is 11.7 Å². The van der Waals surface area contributed by atoms with Gasteiger partial charge in [-0.2, -0.15) is 0 Å². The summed E-state index contributed by atoms with van der Waals surface area (Å²) >= 11 is 0. The van der Waals surface area contributed by atoms with Crippen molar-refractivity contribution in [1.29, 1.82) is 0 Å². The second-order valence-electron chi connectivity index (χ2n) is 3.35. The van der Waals surface area contributed by atoms with Crippen LogP contribution in [0.4, 0.5) is 4.79 Å². The standard InChI is InChI=1S/C8H14N2O3/c9-7(11)5-3-1-2-4-6(5)10-8(12)13/h5-6,10H,1-4H2,(H2,9,11)(H,12,13). The average molecular weight is 186 g/mol. The van der Waals surface area contributed by atoms with Crippen LogP contribution in [0.25, 0.3) is 0 Å². The molecule has 1 aliphatic carbocycles. The van der Waals surface area contributed by atoms with E-state index in [2.05, 4.69) is 5.32 Å². The minimum atomic E-state index is -1.09. The Hall–Kier alpha value is -1.26. The summed E-state index contributed by atoms with van der Waals surface area (Å²) in [7, 11) is 0. The lowest BCUT2D eigenvalue weighted by molar-refractivity contribution is -0.123. The fourth-order valence-corrected chi connectivity index (χ4v) is 1.80. The molecule has 5 heteroatoms. The Morgan fingerprint density at radius 1 is 1.31 bits per heavy atom. The lowest BCUT2D eigenvalue weighted by atomic mass is 9.84. The van der Waals surface area contributed by atoms with Gasteiger partial charge in [-0.05, 0) is 12.8 Å². The van der Waals surface area contributed by atoms with Crippen LogP contribution < -0.4 is 11.1 Å². The van der Waals surface area contributed by atoms with Crippen molar-refractivity contribution in [3.8, 4) is 0 Å². The number of nitrogens with one attached hydrogen (secondary N) is 1. The molecule has 0 aromatic heterocycles. The molecule has 0 aromatic rings. The Morgan fingerprint density at radius 3 is 2.46 bits per heavy atom. The smallest absolute Gasteiger partial charge is 0.404 e. The molecule has 0 saturated heterocycles. The van der Waals surface area contributed by atoms with E-state index in [1.54, 1.807) is 0 Å². The maximum absolute atomic E-state index is 10.9. The first-order valence-corrected chi connectivity index (χ1v) is 4.40. The highest BCUT2D eigenvalue weighted by Crippen LogP contribution is 2.23. The molecule has 74 valence electrons. The SMILES string of the molecule is NC(=O)C1CCCCC1NC(=O)O. The minimum absolute atomic E-state index is 0.288. The quantitative estimate of drug-likeness (QED) is 0.579. The summed E-state index contributed by atoms with van der Waals surface area (Å²) in [5.41, 5.74) is 5.16. The Morgan fingerprint density at radius 2 is 1.92 bits per heavy atom. The Kier molecular flexibility index (Phi) is 3.11. The fourth-order valence-electron chi connectivity index (χ4n) is 1.80. The molecule has 0 radical (unpaired) electrons. The van der Waals surface area contributed by atoms with Crippen molar-refractivity contribution < 1.29 is 14.7 Å². The predicted octanol–water partition coefficient (Wildman–Crippen LogP) is 0.298. The highest BCUT2D eigenvalue weighted by Gasteiger charge is 2.30. The normalized spacial score (nSPS) is 28.0. The third-order valence-electron chi connectivity index (χ3n) is 2.44. The van der Waals surface area contributed by atoms with Gasteiger partial charge in [-0.15, -0.1) is 0 Å². The molecule has 1 saturated carbocycles. The van der Waals surface area contributed by atoms with E-state index in [0.29, 0.717) is 12.8 Å². The van der Waals surface area contributed by atoms with Crippen LogP contribution in [0.5, 0.6) is 0 Å². The second-order valence-corrected chi connectivity index (χ2v) is 3.35. The van der Waals surface area contributed by atoms with Crippen molar-refractivity contribution in [1.82, 2.24) is 5.32 Å². The third-order valence-corrected chi connectivity index (χ3v) is 2.44. The van der Waals surface area contributed by atoms with Gasteiger partial charge in [0.05, 0.1) is 5.92 Å². The van der Waals surface area contributed by atoms with E-state index >= 15 is 0 Å². The van der Waals surface area contributed by atoms with Crippen molar-refractivity contribution in [2.75, 3.05) is 0 Å². The molecule has 2 unspecified atom stereocenters. The van der Waals surface area contributed by atoms with E-state index in [9.17, 15) is 9.59 Å². The van der Waals surface area contributed by atoms with Gasteiger partial charge in [-0.1, -0.05) is 12.8 Å². The summed E-state index contributed by atoms with van der Waals surface area (Å²) in [4.78, 5) is 21.3. The largest absolute Gasteiger partial charge is 0.465 e. The first-order chi connectivity index (χ1) is 6.11. The fraction of sp³-hybridized carbons (Fsp3) is 0.750. The molecular formula is C8H14N2O3. The van der Waals surface area contributed by atoms with Gasteiger partial charge in [0.15, 0.2) is 0 Å². The minimum Gasteiger partial charge on any atom is -0.465 e. The molecule has 4 N–H and O–H groups in total. The number of nitrogens with two attached hydrogens (primary N) is 1. The summed E-state index contributed by atoms with van der Waals surface area (Å²) in [6.07, 6.45) is 2.22. The van der Waals surface area contributed by atoms with Crippen LogP contribution in [0.15, 0.2) is 0 Å². The number of carboxylic acid groups (broad SMARTS) is 1. The second kappa shape index (κ2) is 4.11. The van der Waals surface area contributed by atoms with Gasteiger partial charge >= 0.3 is 6.09 Å². The molecule has 0 bridgehead atoms. The van der Waals surface area contributed by atoms with Gasteiger partial charge in [0.1, 0.15) is 0 Å². The van der Waals surface area contributed by atoms with Crippen molar-refractivity contribution in [3.63, 3.8) is 0 Å². The van der Waals surface area contributed by atoms with E-state index in [0.717, 1.165) is 12.8 Å². The molecule has 0 aromatic carbocycles. The van der Waals surface area contributed by atoms with Crippen molar-refractivity contribution in [3.05, 3.63) is 0 Å². The zero-order valence-corrected chi connectivity index (χ0v) is 7.32. The molecule has 0 spiro atoms. The first kappa shape index (κ1) is 9.83. The maximum Gasteiger partial charge on any atom is 0.404 e. The van der Waals surface area contributed by atoms with E-state index in [-0.39, 0.29) is 12.0 Å². The summed E-state index contributed by atoms with van der Waals surface area (Å²) in [5, 5.41) is 10.8. The van der Waals surface area contributed by atoms with Gasteiger partial charge < -0.3 is 16.2 Å². The van der Waals surface area contributed by atoms with Crippen LogP contribution in [0, 0.1) is 5.92 Å². The molecule has 0 aliphatic heterocycles. The van der Waals surface area contributed by atoms with E-state index in [1.807, 2.05) is 0 Å². The summed E-state index contributed by atoms with van der Waals surface area (Å²) in [6.45, 7) is 0. The van der Waals surface area contributed by atoms with Crippen LogP contribution in [0.2, 0.25) is 0 Å². The third kappa shape index (κ3) is 2.61. The molecule has 13 heavy (non-hydrogen) atoms. The molecule has 1 fully saturated rings. The van der Waals surface area contributed by atoms with E-state index in [1.165, 1.54) is 0 Å². The molecular weight excluding hydrogens is 172 g/mol. The zero-order valence-electron chi connectivity index (χ0n) is 7.32. The molecule has 1 rings (SSSR count). The Bertz CT molecular complexity index is 217. The van der Waals surface area contributed by atoms with Crippen LogP contribution in [-0.2, 0) is 4.79 Å². The Labute approximate surface area is 76.3 Å². The van der Waals surface area contributed by atoms with Crippen molar-refractivity contribution >= 4 is 12.0 Å².